The van der Waals surface area contributed by atoms with E-state index in [1.165, 1.54) is 24.3 Å². The maximum atomic E-state index is 13.2. The van der Waals surface area contributed by atoms with Gasteiger partial charge in [0.2, 0.25) is 0 Å². The summed E-state index contributed by atoms with van der Waals surface area (Å²) in [6.45, 7) is -0.127. The molecule has 5 N–H and O–H groups in total. The standard InChI is InChI=1S/C28H26O13S/c29-15-8-6-13(7-9-15)18-10-16(30)21-19(38-18)11-17(31)22(23(21)32)26-27(41-42(34,35)36)24(33)25-20(39-26)12-37-28(40-25)14-4-2-1-3-5-14/h1-11,17,20,22,24-29,31-33H,12H2,(H,34,35,36)/t17?,20-,22?,24+,25-,26+,27-,28?/m1/s1. The summed E-state index contributed by atoms with van der Waals surface area (Å²) in [6, 6.07) is 15.7. The van der Waals surface area contributed by atoms with E-state index in [9.17, 15) is 38.2 Å². The molecule has 3 aliphatic rings. The van der Waals surface area contributed by atoms with Gasteiger partial charge in [0.25, 0.3) is 0 Å². The van der Waals surface area contributed by atoms with E-state index in [1.807, 2.05) is 0 Å². The monoisotopic (exact) mass is 602 g/mol. The number of rotatable bonds is 5. The summed E-state index contributed by atoms with van der Waals surface area (Å²) in [4.78, 5) is 13.2. The van der Waals surface area contributed by atoms with E-state index in [0.717, 1.165) is 12.1 Å². The van der Waals surface area contributed by atoms with Gasteiger partial charge in [-0.25, -0.2) is 4.18 Å². The lowest BCUT2D eigenvalue weighted by atomic mass is 9.81. The van der Waals surface area contributed by atoms with Gasteiger partial charge < -0.3 is 39.1 Å². The van der Waals surface area contributed by atoms with Crippen molar-refractivity contribution in [3.05, 3.63) is 87.1 Å². The molecule has 8 atom stereocenters. The van der Waals surface area contributed by atoms with E-state index in [0.29, 0.717) is 11.1 Å². The molecule has 222 valence electrons. The van der Waals surface area contributed by atoms with E-state index in [4.69, 9.17) is 22.8 Å². The van der Waals surface area contributed by atoms with Crippen molar-refractivity contribution in [2.75, 3.05) is 6.61 Å². The lowest BCUT2D eigenvalue weighted by Crippen LogP contribution is -2.65. The topological polar surface area (TPSA) is 202 Å². The third-order valence-electron chi connectivity index (χ3n) is 7.44. The summed E-state index contributed by atoms with van der Waals surface area (Å²) >= 11 is 0. The molecule has 0 amide bonds. The average molecular weight is 603 g/mol. The van der Waals surface area contributed by atoms with Gasteiger partial charge in [0.1, 0.15) is 58.4 Å². The van der Waals surface area contributed by atoms with Crippen molar-refractivity contribution in [2.45, 2.75) is 42.9 Å². The van der Waals surface area contributed by atoms with Crippen molar-refractivity contribution >= 4 is 22.2 Å². The Labute approximate surface area is 238 Å². The van der Waals surface area contributed by atoms with E-state index in [1.54, 1.807) is 30.3 Å². The third-order valence-corrected chi connectivity index (χ3v) is 7.90. The van der Waals surface area contributed by atoms with Gasteiger partial charge in [0.05, 0.1) is 18.6 Å². The number of phenols is 1. The van der Waals surface area contributed by atoms with Gasteiger partial charge in [-0.15, -0.1) is 0 Å². The van der Waals surface area contributed by atoms with Crippen LogP contribution < -0.4 is 16.1 Å². The van der Waals surface area contributed by atoms with Gasteiger partial charge in [-0.1, -0.05) is 30.3 Å². The summed E-state index contributed by atoms with van der Waals surface area (Å²) in [7, 11) is -5.18. The molecular formula is C28H26O13S. The van der Waals surface area contributed by atoms with Crippen molar-refractivity contribution in [2.24, 2.45) is 5.92 Å². The normalized spacial score (nSPS) is 31.1. The van der Waals surface area contributed by atoms with Crippen molar-refractivity contribution in [3.8, 4) is 17.1 Å². The first-order valence-electron chi connectivity index (χ1n) is 12.9. The average Bonchev–Trinajstić information content (AvgIpc) is 2.94. The molecule has 3 aromatic rings. The summed E-state index contributed by atoms with van der Waals surface area (Å²) in [6.07, 6.45) is -8.86. The number of aliphatic hydroxyl groups is 3. The molecule has 2 aromatic carbocycles. The predicted molar refractivity (Wildman–Crippen MR) is 142 cm³/mol. The van der Waals surface area contributed by atoms with Crippen LogP contribution in [0.25, 0.3) is 23.2 Å². The molecule has 0 saturated carbocycles. The molecule has 2 fully saturated rings. The Kier molecular flexibility index (Phi) is 7.41. The van der Waals surface area contributed by atoms with Crippen LogP contribution in [0.1, 0.15) is 11.9 Å². The third kappa shape index (κ3) is 5.34. The van der Waals surface area contributed by atoms with E-state index in [2.05, 4.69) is 0 Å². The lowest BCUT2D eigenvalue weighted by Gasteiger charge is -2.49. The molecule has 2 aliphatic heterocycles. The number of ether oxygens (including phenoxy) is 3. The van der Waals surface area contributed by atoms with Crippen molar-refractivity contribution in [3.63, 3.8) is 0 Å². The highest BCUT2D eigenvalue weighted by Crippen LogP contribution is 2.39. The molecular weight excluding hydrogens is 576 g/mol. The molecule has 0 spiro atoms. The first-order valence-corrected chi connectivity index (χ1v) is 14.2. The molecule has 0 bridgehead atoms. The number of fused-ring (bicyclic) bond motifs is 2. The minimum absolute atomic E-state index is 0.00205. The molecule has 13 nitrogen and oxygen atoms in total. The fourth-order valence-corrected chi connectivity index (χ4v) is 6.04. The maximum Gasteiger partial charge on any atom is 0.397 e. The van der Waals surface area contributed by atoms with Gasteiger partial charge in [0.15, 0.2) is 11.7 Å². The smallest absolute Gasteiger partial charge is 0.397 e. The second kappa shape index (κ2) is 10.9. The van der Waals surface area contributed by atoms with Crippen LogP contribution in [0.3, 0.4) is 0 Å². The van der Waals surface area contributed by atoms with Crippen LogP contribution in [0.2, 0.25) is 0 Å². The number of benzene rings is 2. The van der Waals surface area contributed by atoms with Crippen LogP contribution in [-0.4, -0.2) is 76.6 Å². The van der Waals surface area contributed by atoms with Crippen LogP contribution in [0, 0.1) is 5.92 Å². The Hall–Kier alpha value is -3.60. The Balaban J connectivity index is 1.37. The largest absolute Gasteiger partial charge is 0.511 e. The number of phenolic OH excluding ortho intramolecular Hbond substituents is 1. The summed E-state index contributed by atoms with van der Waals surface area (Å²) in [5, 5.41) is 42.8. The number of hydrogen-bond donors (Lipinski definition) is 5. The van der Waals surface area contributed by atoms with E-state index < -0.39 is 70.4 Å². The quantitative estimate of drug-likeness (QED) is 0.242. The Morgan fingerprint density at radius 1 is 0.929 bits per heavy atom. The SMILES string of the molecule is O=c1cc(-c2ccc(O)cc2)oc2c1=C(O)C([C@@H]1O[C@@H]3COC(c4ccccc4)O[C@H]3[C@H](O)[C@H]1OS(=O)(=O)O)C(O)C=2. The number of aromatic hydroxyl groups is 1. The molecule has 1 aromatic heterocycles. The van der Waals surface area contributed by atoms with Crippen LogP contribution in [0.15, 0.2) is 69.9 Å². The Bertz CT molecular complexity index is 1750. The van der Waals surface area contributed by atoms with Gasteiger partial charge >= 0.3 is 10.4 Å². The molecule has 2 saturated heterocycles. The first-order chi connectivity index (χ1) is 20.0. The second-order valence-electron chi connectivity index (χ2n) is 10.1. The van der Waals surface area contributed by atoms with Gasteiger partial charge in [-0.05, 0) is 30.3 Å². The van der Waals surface area contributed by atoms with Crippen LogP contribution in [-0.2, 0) is 28.8 Å². The fraction of sp³-hybridized carbons (Fsp3) is 0.321. The highest BCUT2D eigenvalue weighted by molar-refractivity contribution is 7.80. The minimum atomic E-state index is -5.18. The van der Waals surface area contributed by atoms with E-state index >= 15 is 0 Å². The predicted octanol–water partition coefficient (Wildman–Crippen LogP) is -0.120. The summed E-state index contributed by atoms with van der Waals surface area (Å²) in [5.74, 6) is -2.14. The Morgan fingerprint density at radius 3 is 2.33 bits per heavy atom. The minimum Gasteiger partial charge on any atom is -0.511 e. The molecule has 14 heteroatoms. The maximum absolute atomic E-state index is 13.2. The summed E-state index contributed by atoms with van der Waals surface area (Å²) in [5.41, 5.74) is 0.204. The summed E-state index contributed by atoms with van der Waals surface area (Å²) < 4.78 is 61.4. The molecule has 6 rings (SSSR count). The van der Waals surface area contributed by atoms with Gasteiger partial charge in [-0.3, -0.25) is 9.35 Å². The fourth-order valence-electron chi connectivity index (χ4n) is 5.54. The van der Waals surface area contributed by atoms with Gasteiger partial charge in [-0.2, -0.15) is 8.42 Å². The van der Waals surface area contributed by atoms with Crippen molar-refractivity contribution in [1.29, 1.82) is 0 Å². The zero-order chi connectivity index (χ0) is 29.8. The van der Waals surface area contributed by atoms with E-state index in [-0.39, 0.29) is 28.8 Å². The van der Waals surface area contributed by atoms with Crippen molar-refractivity contribution in [1.82, 2.24) is 0 Å². The van der Waals surface area contributed by atoms with Crippen LogP contribution in [0.5, 0.6) is 5.75 Å². The second-order valence-corrected chi connectivity index (χ2v) is 11.2. The number of hydrogen-bond acceptors (Lipinski definition) is 12. The zero-order valence-corrected chi connectivity index (χ0v) is 22.4. The highest BCUT2D eigenvalue weighted by Gasteiger charge is 2.55. The van der Waals surface area contributed by atoms with Crippen LogP contribution in [0.4, 0.5) is 0 Å². The first kappa shape index (κ1) is 28.5. The molecule has 42 heavy (non-hydrogen) atoms. The molecule has 3 heterocycles. The molecule has 0 radical (unpaired) electrons. The number of aliphatic hydroxyl groups excluding tert-OH is 3. The molecule has 1 aliphatic carbocycles. The Morgan fingerprint density at radius 2 is 1.64 bits per heavy atom. The lowest BCUT2D eigenvalue weighted by molar-refractivity contribution is -0.330. The van der Waals surface area contributed by atoms with Crippen LogP contribution >= 0.6 is 0 Å². The highest BCUT2D eigenvalue weighted by atomic mass is 32.3. The zero-order valence-electron chi connectivity index (χ0n) is 21.6. The van der Waals surface area contributed by atoms with Crippen molar-refractivity contribution < 1.29 is 56.2 Å². The van der Waals surface area contributed by atoms with Gasteiger partial charge in [0, 0.05) is 17.2 Å². The molecule has 3 unspecified atom stereocenters.